The van der Waals surface area contributed by atoms with E-state index in [9.17, 15) is 4.79 Å². The molecule has 0 amide bonds. The van der Waals surface area contributed by atoms with E-state index in [1.165, 1.54) is 6.42 Å². The maximum atomic E-state index is 10.9. The van der Waals surface area contributed by atoms with Crippen molar-refractivity contribution in [1.29, 1.82) is 0 Å². The first-order valence-electron chi connectivity index (χ1n) is 3.93. The number of benzene rings is 1. The Hall–Kier alpha value is -1.31. The average molecular weight is 163 g/mol. The lowest BCUT2D eigenvalue weighted by Gasteiger charge is -2.00. The molecule has 0 aliphatic rings. The summed E-state index contributed by atoms with van der Waals surface area (Å²) >= 11 is 0. The van der Waals surface area contributed by atoms with E-state index in [0.717, 1.165) is 0 Å². The molecule has 63 valence electrons. The first-order valence-corrected chi connectivity index (χ1v) is 3.93. The molecule has 0 bridgehead atoms. The lowest BCUT2D eigenvalue weighted by molar-refractivity contribution is -0.130. The van der Waals surface area contributed by atoms with E-state index in [2.05, 4.69) is 0 Å². The van der Waals surface area contributed by atoms with Gasteiger partial charge in [-0.15, -0.1) is 0 Å². The molecule has 0 heterocycles. The third-order valence-electron chi connectivity index (χ3n) is 1.33. The fourth-order valence-electron chi connectivity index (χ4n) is 0.813. The van der Waals surface area contributed by atoms with E-state index in [0.29, 0.717) is 12.2 Å². The van der Waals surface area contributed by atoms with Crippen LogP contribution < -0.4 is 4.74 Å². The molecule has 0 unspecified atom stereocenters. The Morgan fingerprint density at radius 1 is 1.42 bits per heavy atom. The zero-order valence-electron chi connectivity index (χ0n) is 6.99. The summed E-state index contributed by atoms with van der Waals surface area (Å²) in [6.07, 6.45) is 2.21. The van der Waals surface area contributed by atoms with E-state index in [1.807, 2.05) is 25.1 Å². The Bertz CT molecular complexity index is 241. The van der Waals surface area contributed by atoms with E-state index in [1.54, 1.807) is 12.1 Å². The molecule has 0 aromatic heterocycles. The summed E-state index contributed by atoms with van der Waals surface area (Å²) in [6.45, 7) is 1.90. The molecule has 1 radical (unpaired) electrons. The van der Waals surface area contributed by atoms with Crippen LogP contribution in [0.4, 0.5) is 0 Å². The van der Waals surface area contributed by atoms with E-state index in [-0.39, 0.29) is 5.97 Å². The lowest BCUT2D eigenvalue weighted by atomic mass is 10.3. The van der Waals surface area contributed by atoms with Gasteiger partial charge >= 0.3 is 5.97 Å². The molecule has 0 saturated heterocycles. The molecule has 0 fully saturated rings. The van der Waals surface area contributed by atoms with Crippen molar-refractivity contribution in [2.75, 3.05) is 0 Å². The van der Waals surface area contributed by atoms with Crippen molar-refractivity contribution in [2.24, 2.45) is 0 Å². The van der Waals surface area contributed by atoms with Gasteiger partial charge in [-0.3, -0.25) is 4.79 Å². The summed E-state index contributed by atoms with van der Waals surface area (Å²) in [5, 5.41) is 0. The average Bonchev–Trinajstić information content (AvgIpc) is 2.06. The minimum absolute atomic E-state index is 0.288. The molecule has 0 N–H and O–H groups in total. The van der Waals surface area contributed by atoms with Crippen LogP contribution >= 0.6 is 0 Å². The van der Waals surface area contributed by atoms with Crippen LogP contribution in [0.2, 0.25) is 0 Å². The zero-order valence-corrected chi connectivity index (χ0v) is 6.99. The van der Waals surface area contributed by atoms with Gasteiger partial charge in [0.2, 0.25) is 0 Å². The van der Waals surface area contributed by atoms with Crippen LogP contribution in [0.5, 0.6) is 5.75 Å². The predicted octanol–water partition coefficient (Wildman–Crippen LogP) is 2.21. The zero-order chi connectivity index (χ0) is 8.81. The van der Waals surface area contributed by atoms with Crippen molar-refractivity contribution in [1.82, 2.24) is 0 Å². The Morgan fingerprint density at radius 3 is 2.67 bits per heavy atom. The summed E-state index contributed by atoms with van der Waals surface area (Å²) in [4.78, 5) is 10.9. The summed E-state index contributed by atoms with van der Waals surface area (Å²) in [7, 11) is 0. The number of carbonyl (C=O) groups is 1. The second-order valence-electron chi connectivity index (χ2n) is 2.35. The van der Waals surface area contributed by atoms with Crippen LogP contribution in [0.25, 0.3) is 0 Å². The SMILES string of the molecule is CC[CH]C(=O)Oc1ccccc1. The van der Waals surface area contributed by atoms with Crippen molar-refractivity contribution >= 4 is 5.97 Å². The standard InChI is InChI=1S/C10H11O2/c1-2-6-10(11)12-9-7-4-3-5-8-9/h3-8H,2H2,1H3. The largest absolute Gasteiger partial charge is 0.426 e. The quantitative estimate of drug-likeness (QED) is 0.504. The van der Waals surface area contributed by atoms with Crippen molar-refractivity contribution in [3.05, 3.63) is 36.8 Å². The van der Waals surface area contributed by atoms with Crippen LogP contribution in [0.1, 0.15) is 13.3 Å². The Morgan fingerprint density at radius 2 is 2.08 bits per heavy atom. The maximum absolute atomic E-state index is 10.9. The molecule has 0 saturated carbocycles. The van der Waals surface area contributed by atoms with Crippen LogP contribution in [-0.4, -0.2) is 5.97 Å². The third-order valence-corrected chi connectivity index (χ3v) is 1.33. The normalized spacial score (nSPS) is 9.42. The van der Waals surface area contributed by atoms with E-state index >= 15 is 0 Å². The van der Waals surface area contributed by atoms with Crippen molar-refractivity contribution in [2.45, 2.75) is 13.3 Å². The minimum atomic E-state index is -0.288. The van der Waals surface area contributed by atoms with Gasteiger partial charge < -0.3 is 4.74 Å². The highest BCUT2D eigenvalue weighted by atomic mass is 16.5. The fraction of sp³-hybridized carbons (Fsp3) is 0.200. The van der Waals surface area contributed by atoms with E-state index < -0.39 is 0 Å². The van der Waals surface area contributed by atoms with Gasteiger partial charge in [-0.05, 0) is 18.6 Å². The molecule has 2 nitrogen and oxygen atoms in total. The highest BCUT2D eigenvalue weighted by Gasteiger charge is 2.01. The number of para-hydroxylation sites is 1. The highest BCUT2D eigenvalue weighted by Crippen LogP contribution is 2.09. The van der Waals surface area contributed by atoms with Crippen LogP contribution in [0, 0.1) is 6.42 Å². The third kappa shape index (κ3) is 2.74. The molecule has 2 heteroatoms. The van der Waals surface area contributed by atoms with Crippen molar-refractivity contribution in [3.8, 4) is 5.75 Å². The van der Waals surface area contributed by atoms with Crippen LogP contribution in [-0.2, 0) is 4.79 Å². The number of hydrogen-bond acceptors (Lipinski definition) is 2. The van der Waals surface area contributed by atoms with Gasteiger partial charge in [0.05, 0.1) is 6.42 Å². The Balaban J connectivity index is 2.47. The van der Waals surface area contributed by atoms with Gasteiger partial charge in [0.25, 0.3) is 0 Å². The fourth-order valence-corrected chi connectivity index (χ4v) is 0.813. The number of rotatable bonds is 3. The second-order valence-corrected chi connectivity index (χ2v) is 2.35. The van der Waals surface area contributed by atoms with Gasteiger partial charge in [-0.25, -0.2) is 0 Å². The van der Waals surface area contributed by atoms with Crippen LogP contribution in [0.3, 0.4) is 0 Å². The maximum Gasteiger partial charge on any atom is 0.315 e. The Labute approximate surface area is 72.2 Å². The van der Waals surface area contributed by atoms with Crippen LogP contribution in [0.15, 0.2) is 30.3 Å². The minimum Gasteiger partial charge on any atom is -0.426 e. The monoisotopic (exact) mass is 163 g/mol. The summed E-state index contributed by atoms with van der Waals surface area (Å²) in [5.74, 6) is 0.302. The van der Waals surface area contributed by atoms with E-state index in [4.69, 9.17) is 4.74 Å². The Kier molecular flexibility index (Phi) is 3.33. The van der Waals surface area contributed by atoms with Crippen molar-refractivity contribution in [3.63, 3.8) is 0 Å². The molecule has 0 aliphatic carbocycles. The smallest absolute Gasteiger partial charge is 0.315 e. The lowest BCUT2D eigenvalue weighted by Crippen LogP contribution is -2.07. The summed E-state index contributed by atoms with van der Waals surface area (Å²) in [5.41, 5.74) is 0. The van der Waals surface area contributed by atoms with Gasteiger partial charge in [0.1, 0.15) is 5.75 Å². The summed E-state index contributed by atoms with van der Waals surface area (Å²) < 4.78 is 4.96. The van der Waals surface area contributed by atoms with Gasteiger partial charge in [0, 0.05) is 0 Å². The molecule has 0 spiro atoms. The topological polar surface area (TPSA) is 26.3 Å². The number of esters is 1. The van der Waals surface area contributed by atoms with Gasteiger partial charge in [-0.2, -0.15) is 0 Å². The number of hydrogen-bond donors (Lipinski definition) is 0. The molecule has 1 rings (SSSR count). The first kappa shape index (κ1) is 8.78. The number of ether oxygens (including phenoxy) is 1. The molecule has 1 aromatic carbocycles. The number of carbonyl (C=O) groups excluding carboxylic acids is 1. The molecular formula is C10H11O2. The molecule has 1 aromatic rings. The molecule has 12 heavy (non-hydrogen) atoms. The summed E-state index contributed by atoms with van der Waals surface area (Å²) in [6, 6.07) is 9.03. The molecule has 0 aliphatic heterocycles. The van der Waals surface area contributed by atoms with Crippen molar-refractivity contribution < 1.29 is 9.53 Å². The first-order chi connectivity index (χ1) is 5.83. The predicted molar refractivity (Wildman–Crippen MR) is 46.7 cm³/mol. The van der Waals surface area contributed by atoms with Gasteiger partial charge in [0.15, 0.2) is 0 Å². The molecule has 0 atom stereocenters. The second kappa shape index (κ2) is 4.54. The molecular weight excluding hydrogens is 152 g/mol. The van der Waals surface area contributed by atoms with Gasteiger partial charge in [-0.1, -0.05) is 25.1 Å². The highest BCUT2D eigenvalue weighted by molar-refractivity contribution is 5.80.